The van der Waals surface area contributed by atoms with Crippen molar-refractivity contribution >= 4 is 17.0 Å². The summed E-state index contributed by atoms with van der Waals surface area (Å²) < 4.78 is 35.3. The smallest absolute Gasteiger partial charge is 0.474 e. The van der Waals surface area contributed by atoms with Crippen molar-refractivity contribution < 1.29 is 42.9 Å². The van der Waals surface area contributed by atoms with E-state index in [1.165, 1.54) is 0 Å². The summed E-state index contributed by atoms with van der Waals surface area (Å²) in [6, 6.07) is 0. The van der Waals surface area contributed by atoms with Crippen molar-refractivity contribution in [3.8, 4) is 0 Å². The van der Waals surface area contributed by atoms with Gasteiger partial charge in [-0.3, -0.25) is 0 Å². The summed E-state index contributed by atoms with van der Waals surface area (Å²) in [5.41, 5.74) is 0. The fourth-order valence-electron chi connectivity index (χ4n) is 0. The van der Waals surface area contributed by atoms with E-state index in [9.17, 15) is 17.9 Å². The van der Waals surface area contributed by atoms with Crippen molar-refractivity contribution in [2.75, 3.05) is 0 Å². The molecule has 0 aliphatic heterocycles. The van der Waals surface area contributed by atoms with Gasteiger partial charge in [0, 0.05) is 20.4 Å². The first-order valence-electron chi connectivity index (χ1n) is 1.06. The molecule has 0 rings (SSSR count). The topological polar surface area (TPSA) is 94.5 Å². The van der Waals surface area contributed by atoms with Crippen LogP contribution < -0.4 is 4.89 Å². The van der Waals surface area contributed by atoms with Gasteiger partial charge in [-0.1, -0.05) is 4.57 Å². The summed E-state index contributed by atoms with van der Waals surface area (Å²) >= 11 is 0. The Morgan fingerprint density at radius 2 is 1.62 bits per heavy atom. The second-order valence-corrected chi connectivity index (χ2v) is 4.29. The van der Waals surface area contributed by atoms with Crippen LogP contribution in [0.2, 0.25) is 0 Å². The average molecular weight is 250 g/mol. The molecule has 8 heteroatoms. The fraction of sp³-hybridized carbons (Fsp3) is 0. The monoisotopic (exact) mass is 250 g/mol. The maximum atomic E-state index is 9.29. The van der Waals surface area contributed by atoms with Crippen LogP contribution in [0.15, 0.2) is 0 Å². The third-order valence-corrected chi connectivity index (χ3v) is 1.70. The van der Waals surface area contributed by atoms with Crippen molar-refractivity contribution in [3.63, 3.8) is 0 Å². The molecule has 8 heavy (non-hydrogen) atoms. The molecule has 1 unspecified atom stereocenters. The second kappa shape index (κ2) is 3.62. The summed E-state index contributed by atoms with van der Waals surface area (Å²) in [6.07, 6.45) is 0. The van der Waals surface area contributed by atoms with E-state index >= 15 is 0 Å². The van der Waals surface area contributed by atoms with Gasteiger partial charge in [0.25, 0.3) is 0 Å². The van der Waals surface area contributed by atoms with E-state index in [4.69, 9.17) is 4.55 Å². The predicted octanol–water partition coefficient (Wildman–Crippen LogP) is -1.11. The zero-order valence-electron chi connectivity index (χ0n) is 3.25. The van der Waals surface area contributed by atoms with Gasteiger partial charge in [-0.05, 0) is 0 Å². The molecule has 0 heterocycles. The van der Waals surface area contributed by atoms with Crippen molar-refractivity contribution in [1.29, 1.82) is 0 Å². The van der Waals surface area contributed by atoms with Crippen molar-refractivity contribution in [3.05, 3.63) is 0 Å². The van der Waals surface area contributed by atoms with Gasteiger partial charge in [0.2, 0.25) is 0 Å². The fourth-order valence-corrected chi connectivity index (χ4v) is 0. The van der Waals surface area contributed by atoms with Crippen LogP contribution in [0.3, 0.4) is 0 Å². The first-order valence-corrected chi connectivity index (χ1v) is 4.29. The first kappa shape index (κ1) is 11.4. The molecule has 0 spiro atoms. The Morgan fingerprint density at radius 1 is 1.50 bits per heavy atom. The third-order valence-electron chi connectivity index (χ3n) is 0.188. The van der Waals surface area contributed by atoms with Gasteiger partial charge < -0.3 is 4.89 Å². The predicted molar refractivity (Wildman–Crippen MR) is 19.2 cm³/mol. The van der Waals surface area contributed by atoms with E-state index in [0.717, 1.165) is 0 Å². The van der Waals surface area contributed by atoms with Gasteiger partial charge in [0.05, 0.1) is 0 Å². The largest absolute Gasteiger partial charge is 0.579 e. The Hall–Kier alpha value is 0.632. The van der Waals surface area contributed by atoms with Crippen LogP contribution in [0.1, 0.15) is 0 Å². The summed E-state index contributed by atoms with van der Waals surface area (Å²) in [5.74, 6) is 0. The molecule has 1 N–H and O–H groups in total. The molecule has 52 valence electrons. The van der Waals surface area contributed by atoms with Gasteiger partial charge in [-0.15, -0.1) is 0 Å². The van der Waals surface area contributed by atoms with Crippen molar-refractivity contribution in [2.45, 2.75) is 0 Å². The molecule has 0 radical (unpaired) electrons. The standard InChI is InChI=1S/HO5PS.Pd/c1-6(2)7(3,4)5;/h(H,3,4,5);. The number of hydrogen-bond donors (Lipinski definition) is 1. The van der Waals surface area contributed by atoms with E-state index in [1.807, 2.05) is 0 Å². The maximum Gasteiger partial charge on any atom is 0.474 e. The van der Waals surface area contributed by atoms with Crippen LogP contribution in [-0.4, -0.2) is 13.0 Å². The molecule has 0 aromatic heterocycles. The molecule has 0 aromatic carbocycles. The van der Waals surface area contributed by atoms with Gasteiger partial charge in [0.1, 0.15) is 0 Å². The van der Waals surface area contributed by atoms with E-state index in [0.29, 0.717) is 0 Å². The Kier molecular flexibility index (Phi) is 5.17. The van der Waals surface area contributed by atoms with Gasteiger partial charge in [0.15, 0.2) is 0 Å². The summed E-state index contributed by atoms with van der Waals surface area (Å²) in [6.45, 7) is 0. The van der Waals surface area contributed by atoms with E-state index in [2.05, 4.69) is 0 Å². The average Bonchev–Trinajstić information content (AvgIpc) is 1.31. The minimum Gasteiger partial charge on any atom is -0.579 e. The Labute approximate surface area is 60.1 Å². The molecular weight excluding hydrogens is 249 g/mol. The van der Waals surface area contributed by atoms with Crippen LogP contribution in [0.25, 0.3) is 0 Å². The van der Waals surface area contributed by atoms with Crippen LogP contribution in [0.4, 0.5) is 0 Å². The quantitative estimate of drug-likeness (QED) is 0.362. The van der Waals surface area contributed by atoms with Crippen molar-refractivity contribution in [1.82, 2.24) is 0 Å². The Balaban J connectivity index is 0. The Morgan fingerprint density at radius 3 is 1.62 bits per heavy atom. The molecule has 0 aliphatic rings. The maximum absolute atomic E-state index is 9.29. The zero-order chi connectivity index (χ0) is 6.08. The van der Waals surface area contributed by atoms with Gasteiger partial charge in [-0.2, -0.15) is 8.42 Å². The molecule has 0 saturated carbocycles. The van der Waals surface area contributed by atoms with E-state index in [1.54, 1.807) is 0 Å². The van der Waals surface area contributed by atoms with Crippen LogP contribution in [0, 0.1) is 0 Å². The van der Waals surface area contributed by atoms with Gasteiger partial charge >= 0.3 is 17.0 Å². The summed E-state index contributed by atoms with van der Waals surface area (Å²) in [7, 11) is -8.50. The molecule has 0 aliphatic carbocycles. The van der Waals surface area contributed by atoms with E-state index in [-0.39, 0.29) is 20.4 Å². The number of rotatable bonds is 1. The van der Waals surface area contributed by atoms with Crippen molar-refractivity contribution in [2.24, 2.45) is 0 Å². The van der Waals surface area contributed by atoms with Crippen LogP contribution in [-0.2, 0) is 34.7 Å². The first-order chi connectivity index (χ1) is 2.94. The molecule has 1 atom stereocenters. The molecule has 0 aromatic rings. The second-order valence-electron chi connectivity index (χ2n) is 0.671. The molecule has 0 bridgehead atoms. The SMILES string of the molecule is O=[P+]([O-])S(=O)(=O)O.[Pd]. The van der Waals surface area contributed by atoms with Crippen LogP contribution >= 0.6 is 7.23 Å². The zero-order valence-corrected chi connectivity index (χ0v) is 6.52. The molecule has 0 saturated heterocycles. The molecule has 0 amide bonds. The molecule has 5 nitrogen and oxygen atoms in total. The van der Waals surface area contributed by atoms with E-state index < -0.39 is 17.0 Å². The third kappa shape index (κ3) is 4.78. The Bertz CT molecular complexity index is 167. The normalized spacial score (nSPS) is 12.0. The minimum atomic E-state index is -4.79. The van der Waals surface area contributed by atoms with Crippen LogP contribution in [0.5, 0.6) is 0 Å². The molecule has 0 fully saturated rings. The molecular formula is HO5PPdS. The summed E-state index contributed by atoms with van der Waals surface area (Å²) in [5, 5.41) is 0. The number of hydrogen-bond acceptors (Lipinski definition) is 4. The minimum absolute atomic E-state index is 0. The van der Waals surface area contributed by atoms with Gasteiger partial charge in [-0.25, -0.2) is 4.55 Å². The summed E-state index contributed by atoms with van der Waals surface area (Å²) in [4.78, 5) is 9.22.